The first kappa shape index (κ1) is 16.9. The number of nitrogens with two attached hydrogens (primary N) is 1. The predicted octanol–water partition coefficient (Wildman–Crippen LogP) is 2.06. The summed E-state index contributed by atoms with van der Waals surface area (Å²) < 4.78 is 5.65. The molecule has 0 bridgehead atoms. The number of aliphatic hydroxyl groups is 1. The third kappa shape index (κ3) is 4.53. The first-order chi connectivity index (χ1) is 10.3. The smallest absolute Gasteiger partial charge is 0.0991 e. The Labute approximate surface area is 132 Å². The first-order valence-corrected chi connectivity index (χ1v) is 7.76. The molecule has 1 aliphatic rings. The summed E-state index contributed by atoms with van der Waals surface area (Å²) in [6, 6.07) is 5.62. The maximum absolute atomic E-state index is 9.81. The van der Waals surface area contributed by atoms with Crippen molar-refractivity contribution in [2.24, 2.45) is 10.7 Å². The number of aliphatic hydroxyl groups excluding tert-OH is 1. The second kappa shape index (κ2) is 6.77. The number of rotatable bonds is 4. The van der Waals surface area contributed by atoms with E-state index in [0.717, 1.165) is 29.2 Å². The predicted molar refractivity (Wildman–Crippen MR) is 89.6 cm³/mol. The highest BCUT2D eigenvalue weighted by Crippen LogP contribution is 2.32. The van der Waals surface area contributed by atoms with Gasteiger partial charge in [-0.3, -0.25) is 0 Å². The van der Waals surface area contributed by atoms with Gasteiger partial charge in [0.15, 0.2) is 0 Å². The normalized spacial score (nSPS) is 21.8. The van der Waals surface area contributed by atoms with Gasteiger partial charge in [0.1, 0.15) is 0 Å². The number of ether oxygens (including phenoxy) is 1. The number of nitrogens with one attached hydrogen (secondary N) is 1. The zero-order chi connectivity index (χ0) is 16.3. The van der Waals surface area contributed by atoms with Gasteiger partial charge >= 0.3 is 0 Å². The molecule has 0 spiro atoms. The number of hydrogen-bond donors (Lipinski definition) is 3. The summed E-state index contributed by atoms with van der Waals surface area (Å²) in [4.78, 5) is 4.54. The lowest BCUT2D eigenvalue weighted by Crippen LogP contribution is -2.29. The summed E-state index contributed by atoms with van der Waals surface area (Å²) in [5.74, 6) is 0.838. The zero-order valence-corrected chi connectivity index (χ0v) is 13.9. The molecule has 1 aromatic carbocycles. The summed E-state index contributed by atoms with van der Waals surface area (Å²) in [6.07, 6.45) is 0.144. The fourth-order valence-electron chi connectivity index (χ4n) is 2.53. The van der Waals surface area contributed by atoms with Gasteiger partial charge in [-0.1, -0.05) is 6.07 Å². The fourth-order valence-corrected chi connectivity index (χ4v) is 2.53. The largest absolute Gasteiger partial charge is 0.391 e. The Balaban J connectivity index is 1.93. The van der Waals surface area contributed by atoms with Crippen LogP contribution in [0.3, 0.4) is 0 Å². The van der Waals surface area contributed by atoms with Gasteiger partial charge in [-0.15, -0.1) is 0 Å². The van der Waals surface area contributed by atoms with Crippen molar-refractivity contribution in [3.63, 3.8) is 0 Å². The maximum atomic E-state index is 9.81. The van der Waals surface area contributed by atoms with Crippen molar-refractivity contribution in [2.45, 2.75) is 51.9 Å². The van der Waals surface area contributed by atoms with Crippen LogP contribution in [-0.4, -0.2) is 35.8 Å². The molecular formula is C17H27N3O2. The van der Waals surface area contributed by atoms with Gasteiger partial charge in [-0.2, -0.15) is 0 Å². The highest BCUT2D eigenvalue weighted by atomic mass is 16.5. The second-order valence-electron chi connectivity index (χ2n) is 6.77. The van der Waals surface area contributed by atoms with Crippen LogP contribution >= 0.6 is 0 Å². The first-order valence-electron chi connectivity index (χ1n) is 7.76. The van der Waals surface area contributed by atoms with Gasteiger partial charge in [0, 0.05) is 13.0 Å². The molecule has 0 saturated carbocycles. The van der Waals surface area contributed by atoms with Crippen molar-refractivity contribution in [1.29, 1.82) is 0 Å². The lowest BCUT2D eigenvalue weighted by molar-refractivity contribution is 0.000548. The summed E-state index contributed by atoms with van der Waals surface area (Å²) >= 11 is 0. The Hall–Kier alpha value is -1.43. The molecule has 1 aliphatic carbocycles. The highest BCUT2D eigenvalue weighted by molar-refractivity contribution is 5.82. The molecule has 122 valence electrons. The van der Waals surface area contributed by atoms with Crippen molar-refractivity contribution in [3.05, 3.63) is 29.3 Å². The molecule has 5 heteroatoms. The molecule has 0 unspecified atom stereocenters. The van der Waals surface area contributed by atoms with Crippen molar-refractivity contribution >= 4 is 11.5 Å². The summed E-state index contributed by atoms with van der Waals surface area (Å²) in [5, 5.41) is 13.0. The van der Waals surface area contributed by atoms with Crippen LogP contribution in [-0.2, 0) is 11.2 Å². The highest BCUT2D eigenvalue weighted by Gasteiger charge is 2.27. The molecule has 2 rings (SSSR count). The second-order valence-corrected chi connectivity index (χ2v) is 6.77. The van der Waals surface area contributed by atoms with Crippen LogP contribution in [0.2, 0.25) is 0 Å². The average molecular weight is 305 g/mol. The Morgan fingerprint density at radius 2 is 2.18 bits per heavy atom. The molecule has 0 aromatic heterocycles. The van der Waals surface area contributed by atoms with Gasteiger partial charge < -0.3 is 20.9 Å². The third-order valence-electron chi connectivity index (χ3n) is 3.65. The van der Waals surface area contributed by atoms with Crippen LogP contribution in [0.15, 0.2) is 23.2 Å². The molecule has 2 atom stereocenters. The Kier molecular flexibility index (Phi) is 5.21. The van der Waals surface area contributed by atoms with E-state index >= 15 is 0 Å². The Morgan fingerprint density at radius 1 is 1.45 bits per heavy atom. The summed E-state index contributed by atoms with van der Waals surface area (Å²) in [7, 11) is 0. The van der Waals surface area contributed by atoms with E-state index in [-0.39, 0.29) is 11.6 Å². The fraction of sp³-hybridized carbons (Fsp3) is 0.588. The topological polar surface area (TPSA) is 79.9 Å². The van der Waals surface area contributed by atoms with Crippen LogP contribution < -0.4 is 11.1 Å². The van der Waals surface area contributed by atoms with E-state index in [0.29, 0.717) is 13.0 Å². The van der Waals surface area contributed by atoms with Crippen molar-refractivity contribution in [1.82, 2.24) is 5.32 Å². The number of amidine groups is 1. The molecule has 4 N–H and O–H groups in total. The van der Waals surface area contributed by atoms with E-state index < -0.39 is 6.10 Å². The molecule has 0 radical (unpaired) electrons. The molecule has 5 nitrogen and oxygen atoms in total. The van der Waals surface area contributed by atoms with Gasteiger partial charge in [0.05, 0.1) is 35.9 Å². The van der Waals surface area contributed by atoms with Crippen LogP contribution in [0, 0.1) is 0 Å². The van der Waals surface area contributed by atoms with Crippen LogP contribution in [0.5, 0.6) is 0 Å². The number of aliphatic imine (C=N–C) groups is 1. The number of fused-ring (bicyclic) bond motifs is 1. The molecule has 0 saturated heterocycles. The van der Waals surface area contributed by atoms with Crippen molar-refractivity contribution < 1.29 is 9.84 Å². The molecule has 22 heavy (non-hydrogen) atoms. The standard InChI is InChI=1S/C17H27N3O2/c1-11(19-7-8-22-17(2,3)4)20-13-6-5-12-9-15(21)16(18)14(12)10-13/h5-6,10,15-16,21H,7-9,18H2,1-4H3,(H,19,20)/t15-,16-/m1/s1. The molecule has 1 aromatic rings. The van der Waals surface area contributed by atoms with E-state index in [1.165, 1.54) is 0 Å². The van der Waals surface area contributed by atoms with E-state index in [4.69, 9.17) is 10.5 Å². The third-order valence-corrected chi connectivity index (χ3v) is 3.65. The van der Waals surface area contributed by atoms with Gasteiger partial charge in [0.25, 0.3) is 0 Å². The quantitative estimate of drug-likeness (QED) is 0.452. The molecule has 0 heterocycles. The maximum Gasteiger partial charge on any atom is 0.0991 e. The summed E-state index contributed by atoms with van der Waals surface area (Å²) in [5.41, 5.74) is 8.84. The molecule has 0 aliphatic heterocycles. The zero-order valence-electron chi connectivity index (χ0n) is 13.9. The monoisotopic (exact) mass is 305 g/mol. The van der Waals surface area contributed by atoms with E-state index in [1.54, 1.807) is 0 Å². The van der Waals surface area contributed by atoms with Crippen molar-refractivity contribution in [2.75, 3.05) is 13.2 Å². The minimum absolute atomic E-state index is 0.121. The minimum atomic E-state index is -0.483. The SMILES string of the molecule is CC(=Nc1ccc2c(c1)[C@@H](N)[C@H](O)C2)NCCOC(C)(C)C. The van der Waals surface area contributed by atoms with E-state index in [1.807, 2.05) is 45.9 Å². The molecule has 0 fully saturated rings. The van der Waals surface area contributed by atoms with Gasteiger partial charge in [0.2, 0.25) is 0 Å². The Morgan fingerprint density at radius 3 is 2.86 bits per heavy atom. The van der Waals surface area contributed by atoms with Gasteiger partial charge in [-0.05, 0) is 51.0 Å². The average Bonchev–Trinajstić information content (AvgIpc) is 2.70. The van der Waals surface area contributed by atoms with E-state index in [2.05, 4.69) is 10.3 Å². The molecule has 0 amide bonds. The lowest BCUT2D eigenvalue weighted by Gasteiger charge is -2.19. The minimum Gasteiger partial charge on any atom is -0.391 e. The lowest BCUT2D eigenvalue weighted by atomic mass is 10.1. The van der Waals surface area contributed by atoms with Gasteiger partial charge in [-0.25, -0.2) is 4.99 Å². The van der Waals surface area contributed by atoms with Crippen LogP contribution in [0.25, 0.3) is 0 Å². The van der Waals surface area contributed by atoms with Crippen LogP contribution in [0.1, 0.15) is 44.9 Å². The molecular weight excluding hydrogens is 278 g/mol. The van der Waals surface area contributed by atoms with Crippen molar-refractivity contribution in [3.8, 4) is 0 Å². The Bertz CT molecular complexity index is 549. The van der Waals surface area contributed by atoms with Crippen LogP contribution in [0.4, 0.5) is 5.69 Å². The number of hydrogen-bond acceptors (Lipinski definition) is 4. The number of nitrogens with zero attached hydrogens (tertiary/aromatic N) is 1. The van der Waals surface area contributed by atoms with E-state index in [9.17, 15) is 5.11 Å². The summed E-state index contributed by atoms with van der Waals surface area (Å²) in [6.45, 7) is 9.40. The number of benzene rings is 1.